The van der Waals surface area contributed by atoms with Gasteiger partial charge in [-0.05, 0) is 6.42 Å². The maximum Gasteiger partial charge on any atom is 0.335 e. The smallest absolute Gasteiger partial charge is 0.335 e. The Hall–Kier alpha value is -1.37. The average Bonchev–Trinajstić information content (AvgIpc) is 2.15. The van der Waals surface area contributed by atoms with E-state index in [0.717, 1.165) is 12.2 Å². The first-order chi connectivity index (χ1) is 6.61. The van der Waals surface area contributed by atoms with E-state index in [4.69, 9.17) is 5.11 Å². The SMILES string of the molecule is O=C(O)C=C(C1=NCCCS1)[N+](=O)[O-]. The quantitative estimate of drug-likeness (QED) is 0.427. The maximum absolute atomic E-state index is 10.5. The Balaban J connectivity index is 2.93. The fraction of sp³-hybridized carbons (Fsp3) is 0.429. The van der Waals surface area contributed by atoms with E-state index >= 15 is 0 Å². The minimum Gasteiger partial charge on any atom is -0.478 e. The highest BCUT2D eigenvalue weighted by atomic mass is 32.2. The molecule has 1 aliphatic rings. The maximum atomic E-state index is 10.5. The highest BCUT2D eigenvalue weighted by molar-refractivity contribution is 8.14. The van der Waals surface area contributed by atoms with Crippen LogP contribution in [-0.4, -0.2) is 33.3 Å². The topological polar surface area (TPSA) is 92.8 Å². The first-order valence-corrected chi connectivity index (χ1v) is 4.86. The van der Waals surface area contributed by atoms with Crippen molar-refractivity contribution in [3.8, 4) is 0 Å². The summed E-state index contributed by atoms with van der Waals surface area (Å²) in [7, 11) is 0. The van der Waals surface area contributed by atoms with Gasteiger partial charge in [0.1, 0.15) is 6.08 Å². The fourth-order valence-electron chi connectivity index (χ4n) is 0.924. The van der Waals surface area contributed by atoms with Crippen LogP contribution in [0.1, 0.15) is 6.42 Å². The molecule has 1 aliphatic heterocycles. The average molecular weight is 216 g/mol. The van der Waals surface area contributed by atoms with Gasteiger partial charge in [-0.3, -0.25) is 15.1 Å². The first-order valence-electron chi connectivity index (χ1n) is 3.88. The molecule has 76 valence electrons. The van der Waals surface area contributed by atoms with Crippen molar-refractivity contribution in [2.24, 2.45) is 4.99 Å². The van der Waals surface area contributed by atoms with Gasteiger partial charge in [0.25, 0.3) is 0 Å². The number of thioether (sulfide) groups is 1. The van der Waals surface area contributed by atoms with Crippen molar-refractivity contribution in [3.63, 3.8) is 0 Å². The summed E-state index contributed by atoms with van der Waals surface area (Å²) in [5.41, 5.74) is -0.429. The third-order valence-corrected chi connectivity index (χ3v) is 2.58. The van der Waals surface area contributed by atoms with Gasteiger partial charge in [0.15, 0.2) is 5.04 Å². The van der Waals surface area contributed by atoms with Gasteiger partial charge in [-0.1, -0.05) is 11.8 Å². The van der Waals surface area contributed by atoms with E-state index in [1.165, 1.54) is 11.8 Å². The summed E-state index contributed by atoms with van der Waals surface area (Å²) >= 11 is 1.22. The number of carbonyl (C=O) groups is 1. The third-order valence-electron chi connectivity index (χ3n) is 1.47. The van der Waals surface area contributed by atoms with Gasteiger partial charge >= 0.3 is 11.7 Å². The molecule has 0 unspecified atom stereocenters. The summed E-state index contributed by atoms with van der Waals surface area (Å²) in [6, 6.07) is 0. The molecule has 0 aromatic heterocycles. The monoisotopic (exact) mass is 216 g/mol. The van der Waals surface area contributed by atoms with Crippen LogP contribution < -0.4 is 0 Å². The molecule has 0 saturated carbocycles. The molecule has 0 aromatic rings. The normalized spacial score (nSPS) is 17.4. The summed E-state index contributed by atoms with van der Waals surface area (Å²) in [5.74, 6) is -0.588. The van der Waals surface area contributed by atoms with Crippen molar-refractivity contribution in [1.82, 2.24) is 0 Å². The zero-order valence-corrected chi connectivity index (χ0v) is 7.99. The van der Waals surface area contributed by atoms with Crippen LogP contribution in [0, 0.1) is 10.1 Å². The van der Waals surface area contributed by atoms with Crippen LogP contribution in [-0.2, 0) is 4.79 Å². The molecule has 0 aromatic carbocycles. The second kappa shape index (κ2) is 4.75. The molecule has 0 amide bonds. The van der Waals surface area contributed by atoms with Crippen molar-refractivity contribution < 1.29 is 14.8 Å². The summed E-state index contributed by atoms with van der Waals surface area (Å²) < 4.78 is 0. The summed E-state index contributed by atoms with van der Waals surface area (Å²) in [6.07, 6.45) is 1.45. The van der Waals surface area contributed by atoms with Crippen LogP contribution in [0.2, 0.25) is 0 Å². The number of aliphatic carboxylic acids is 1. The molecule has 1 rings (SSSR count). The molecule has 0 bridgehead atoms. The lowest BCUT2D eigenvalue weighted by atomic mass is 10.4. The Morgan fingerprint density at radius 3 is 2.86 bits per heavy atom. The molecule has 7 heteroatoms. The van der Waals surface area contributed by atoms with E-state index in [-0.39, 0.29) is 5.04 Å². The van der Waals surface area contributed by atoms with Gasteiger partial charge < -0.3 is 5.11 Å². The van der Waals surface area contributed by atoms with Gasteiger partial charge in [-0.25, -0.2) is 4.79 Å². The summed E-state index contributed by atoms with van der Waals surface area (Å²) in [6.45, 7) is 0.521. The highest BCUT2D eigenvalue weighted by Crippen LogP contribution is 2.18. The predicted molar refractivity (Wildman–Crippen MR) is 52.1 cm³/mol. The van der Waals surface area contributed by atoms with Gasteiger partial charge in [-0.15, -0.1) is 0 Å². The lowest BCUT2D eigenvalue weighted by Gasteiger charge is -2.07. The van der Waals surface area contributed by atoms with Crippen LogP contribution in [0.4, 0.5) is 0 Å². The molecule has 1 heterocycles. The van der Waals surface area contributed by atoms with E-state index in [1.807, 2.05) is 0 Å². The number of carboxylic acid groups (broad SMARTS) is 1. The van der Waals surface area contributed by atoms with Crippen molar-refractivity contribution in [2.75, 3.05) is 12.3 Å². The molecular weight excluding hydrogens is 208 g/mol. The first kappa shape index (κ1) is 10.7. The van der Waals surface area contributed by atoms with Crippen LogP contribution >= 0.6 is 11.8 Å². The molecule has 0 aliphatic carbocycles. The third kappa shape index (κ3) is 2.84. The van der Waals surface area contributed by atoms with Crippen molar-refractivity contribution in [3.05, 3.63) is 21.9 Å². The van der Waals surface area contributed by atoms with Gasteiger partial charge in [0.2, 0.25) is 0 Å². The minimum absolute atomic E-state index is 0.212. The largest absolute Gasteiger partial charge is 0.478 e. The van der Waals surface area contributed by atoms with Crippen LogP contribution in [0.25, 0.3) is 0 Å². The molecule has 0 saturated heterocycles. The highest BCUT2D eigenvalue weighted by Gasteiger charge is 2.22. The molecule has 0 radical (unpaired) electrons. The Morgan fingerprint density at radius 2 is 2.43 bits per heavy atom. The van der Waals surface area contributed by atoms with Gasteiger partial charge in [0, 0.05) is 12.3 Å². The zero-order valence-electron chi connectivity index (χ0n) is 7.17. The zero-order chi connectivity index (χ0) is 10.6. The Kier molecular flexibility index (Phi) is 3.63. The summed E-state index contributed by atoms with van der Waals surface area (Å²) in [5, 5.41) is 19.1. The number of hydrogen-bond acceptors (Lipinski definition) is 5. The fourth-order valence-corrected chi connectivity index (χ4v) is 1.85. The molecule has 1 N–H and O–H groups in total. The second-order valence-electron chi connectivity index (χ2n) is 2.51. The van der Waals surface area contributed by atoms with Crippen molar-refractivity contribution >= 4 is 22.8 Å². The minimum atomic E-state index is -1.33. The second-order valence-corrected chi connectivity index (χ2v) is 3.60. The van der Waals surface area contributed by atoms with Gasteiger partial charge in [0.05, 0.1) is 4.92 Å². The predicted octanol–water partition coefficient (Wildman–Crippen LogP) is 0.767. The van der Waals surface area contributed by atoms with E-state index < -0.39 is 16.6 Å². The number of aliphatic imine (C=N–C) groups is 1. The van der Waals surface area contributed by atoms with E-state index in [0.29, 0.717) is 12.6 Å². The summed E-state index contributed by atoms with van der Waals surface area (Å²) in [4.78, 5) is 24.0. The number of hydrogen-bond donors (Lipinski definition) is 1. The molecule has 14 heavy (non-hydrogen) atoms. The lowest BCUT2D eigenvalue weighted by molar-refractivity contribution is -0.414. The standard InChI is InChI=1S/C7H8N2O4S/c10-6(11)4-5(9(12)13)7-8-2-1-3-14-7/h4H,1-3H2,(H,10,11). The number of rotatable bonds is 3. The number of nitrogens with zero attached hydrogens (tertiary/aromatic N) is 2. The Bertz CT molecular complexity index is 324. The van der Waals surface area contributed by atoms with Crippen molar-refractivity contribution in [1.29, 1.82) is 0 Å². The van der Waals surface area contributed by atoms with E-state index in [9.17, 15) is 14.9 Å². The Labute approximate surface area is 83.9 Å². The van der Waals surface area contributed by atoms with E-state index in [2.05, 4.69) is 4.99 Å². The van der Waals surface area contributed by atoms with Crippen molar-refractivity contribution in [2.45, 2.75) is 6.42 Å². The molecule has 0 atom stereocenters. The van der Waals surface area contributed by atoms with Crippen LogP contribution in [0.3, 0.4) is 0 Å². The van der Waals surface area contributed by atoms with Crippen LogP contribution in [0.15, 0.2) is 16.8 Å². The number of carboxylic acids is 1. The molecule has 0 fully saturated rings. The van der Waals surface area contributed by atoms with Gasteiger partial charge in [-0.2, -0.15) is 0 Å². The lowest BCUT2D eigenvalue weighted by Crippen LogP contribution is -2.14. The van der Waals surface area contributed by atoms with Crippen LogP contribution in [0.5, 0.6) is 0 Å². The molecule has 0 spiro atoms. The van der Waals surface area contributed by atoms with E-state index in [1.54, 1.807) is 0 Å². The molecular formula is C7H8N2O4S. The molecule has 6 nitrogen and oxygen atoms in total. The Morgan fingerprint density at radius 1 is 1.71 bits per heavy atom. The number of nitro groups is 1.